The summed E-state index contributed by atoms with van der Waals surface area (Å²) in [6, 6.07) is 0. The summed E-state index contributed by atoms with van der Waals surface area (Å²) in [6.07, 6.45) is 3.65. The normalized spacial score (nSPS) is 10.8. The molecule has 0 bridgehead atoms. The lowest BCUT2D eigenvalue weighted by atomic mass is 10.2. The molecule has 0 fully saturated rings. The van der Waals surface area contributed by atoms with Crippen LogP contribution in [0.4, 0.5) is 0 Å². The third kappa shape index (κ3) is 3.76. The molecule has 0 aliphatic carbocycles. The van der Waals surface area contributed by atoms with Crippen LogP contribution in [0.5, 0.6) is 0 Å². The van der Waals surface area contributed by atoms with Crippen molar-refractivity contribution < 1.29 is 0 Å². The molecule has 3 heteroatoms. The average Bonchev–Trinajstić information content (AvgIpc) is 2.46. The fourth-order valence-electron chi connectivity index (χ4n) is 1.35. The predicted octanol–water partition coefficient (Wildman–Crippen LogP) is 2.69. The van der Waals surface area contributed by atoms with Crippen molar-refractivity contribution in [3.8, 4) is 0 Å². The topological polar surface area (TPSA) is 24.9 Å². The van der Waals surface area contributed by atoms with Crippen LogP contribution < -0.4 is 5.32 Å². The van der Waals surface area contributed by atoms with Crippen LogP contribution in [0.1, 0.15) is 35.3 Å². The van der Waals surface area contributed by atoms with Gasteiger partial charge in [-0.1, -0.05) is 6.92 Å². The molecule has 80 valence electrons. The Labute approximate surface area is 90.8 Å². The number of thiazole rings is 1. The standard InChI is InChI=1S/C11H20N2S/c1-4-12-8-6-5-7-11-13-9(2)10(3)14-11/h12H,4-8H2,1-3H3. The van der Waals surface area contributed by atoms with Crippen LogP contribution in [0, 0.1) is 13.8 Å². The van der Waals surface area contributed by atoms with Crippen LogP contribution in [-0.4, -0.2) is 18.1 Å². The fourth-order valence-corrected chi connectivity index (χ4v) is 2.32. The maximum Gasteiger partial charge on any atom is 0.0930 e. The lowest BCUT2D eigenvalue weighted by Crippen LogP contribution is -2.13. The van der Waals surface area contributed by atoms with Gasteiger partial charge in [0.1, 0.15) is 0 Å². The number of hydrogen-bond donors (Lipinski definition) is 1. The van der Waals surface area contributed by atoms with Crippen molar-refractivity contribution in [3.05, 3.63) is 15.6 Å². The summed E-state index contributed by atoms with van der Waals surface area (Å²) >= 11 is 1.85. The molecule has 0 spiro atoms. The van der Waals surface area contributed by atoms with Crippen LogP contribution >= 0.6 is 11.3 Å². The summed E-state index contributed by atoms with van der Waals surface area (Å²) in [6.45, 7) is 8.60. The van der Waals surface area contributed by atoms with Crippen molar-refractivity contribution in [3.63, 3.8) is 0 Å². The van der Waals surface area contributed by atoms with Gasteiger partial charge in [-0.3, -0.25) is 0 Å². The lowest BCUT2D eigenvalue weighted by molar-refractivity contribution is 0.639. The quantitative estimate of drug-likeness (QED) is 0.733. The highest BCUT2D eigenvalue weighted by Gasteiger charge is 2.02. The maximum absolute atomic E-state index is 4.53. The Kier molecular flexibility index (Phi) is 5.12. The second-order valence-electron chi connectivity index (χ2n) is 3.56. The highest BCUT2D eigenvalue weighted by Crippen LogP contribution is 2.17. The van der Waals surface area contributed by atoms with Gasteiger partial charge in [0.25, 0.3) is 0 Å². The van der Waals surface area contributed by atoms with E-state index in [1.54, 1.807) is 0 Å². The molecule has 0 aliphatic heterocycles. The zero-order chi connectivity index (χ0) is 10.4. The molecule has 0 saturated heterocycles. The fraction of sp³-hybridized carbons (Fsp3) is 0.727. The van der Waals surface area contributed by atoms with E-state index in [0.29, 0.717) is 0 Å². The summed E-state index contributed by atoms with van der Waals surface area (Å²) in [4.78, 5) is 5.89. The molecule has 1 N–H and O–H groups in total. The highest BCUT2D eigenvalue weighted by atomic mass is 32.1. The molecule has 0 aliphatic rings. The SMILES string of the molecule is CCNCCCCc1nc(C)c(C)s1. The van der Waals surface area contributed by atoms with Gasteiger partial charge in [0.2, 0.25) is 0 Å². The number of nitrogens with zero attached hydrogens (tertiary/aromatic N) is 1. The molecule has 0 amide bonds. The average molecular weight is 212 g/mol. The Bertz CT molecular complexity index is 249. The molecule has 0 atom stereocenters. The van der Waals surface area contributed by atoms with Crippen LogP contribution in [0.3, 0.4) is 0 Å². The molecule has 0 radical (unpaired) electrons. The molecule has 0 unspecified atom stereocenters. The number of unbranched alkanes of at least 4 members (excludes halogenated alkanes) is 1. The smallest absolute Gasteiger partial charge is 0.0930 e. The number of aromatic nitrogens is 1. The molecule has 1 rings (SSSR count). The Morgan fingerprint density at radius 1 is 1.29 bits per heavy atom. The van der Waals surface area contributed by atoms with E-state index in [0.717, 1.165) is 19.5 Å². The molecule has 0 aromatic carbocycles. The minimum absolute atomic E-state index is 1.08. The van der Waals surface area contributed by atoms with Gasteiger partial charge >= 0.3 is 0 Å². The van der Waals surface area contributed by atoms with Crippen molar-refractivity contribution >= 4 is 11.3 Å². The zero-order valence-electron chi connectivity index (χ0n) is 9.39. The van der Waals surface area contributed by atoms with E-state index >= 15 is 0 Å². The number of nitrogens with one attached hydrogen (secondary N) is 1. The molecule has 1 aromatic rings. The Hall–Kier alpha value is -0.410. The number of hydrogen-bond acceptors (Lipinski definition) is 3. The molecular weight excluding hydrogens is 192 g/mol. The summed E-state index contributed by atoms with van der Waals surface area (Å²) in [5.41, 5.74) is 1.21. The number of aryl methyl sites for hydroxylation is 3. The second kappa shape index (κ2) is 6.14. The summed E-state index contributed by atoms with van der Waals surface area (Å²) in [5.74, 6) is 0. The summed E-state index contributed by atoms with van der Waals surface area (Å²) < 4.78 is 0. The number of rotatable bonds is 6. The van der Waals surface area contributed by atoms with E-state index < -0.39 is 0 Å². The van der Waals surface area contributed by atoms with Crippen LogP contribution in [0.15, 0.2) is 0 Å². The zero-order valence-corrected chi connectivity index (χ0v) is 10.2. The predicted molar refractivity (Wildman–Crippen MR) is 63.1 cm³/mol. The molecule has 0 saturated carbocycles. The molecule has 14 heavy (non-hydrogen) atoms. The lowest BCUT2D eigenvalue weighted by Gasteiger charge is -1.99. The third-order valence-corrected chi connectivity index (χ3v) is 3.45. The van der Waals surface area contributed by atoms with E-state index in [2.05, 4.69) is 31.1 Å². The summed E-state index contributed by atoms with van der Waals surface area (Å²) in [5, 5.41) is 4.64. The van der Waals surface area contributed by atoms with Crippen molar-refractivity contribution in [2.45, 2.75) is 40.0 Å². The molecule has 2 nitrogen and oxygen atoms in total. The Morgan fingerprint density at radius 2 is 2.07 bits per heavy atom. The van der Waals surface area contributed by atoms with Gasteiger partial charge in [-0.05, 0) is 46.2 Å². The summed E-state index contributed by atoms with van der Waals surface area (Å²) in [7, 11) is 0. The maximum atomic E-state index is 4.53. The van der Waals surface area contributed by atoms with E-state index in [4.69, 9.17) is 0 Å². The first-order valence-corrected chi connectivity index (χ1v) is 6.19. The molecular formula is C11H20N2S. The van der Waals surface area contributed by atoms with E-state index in [9.17, 15) is 0 Å². The Morgan fingerprint density at radius 3 is 2.64 bits per heavy atom. The first-order valence-electron chi connectivity index (χ1n) is 5.37. The van der Waals surface area contributed by atoms with Gasteiger partial charge in [-0.15, -0.1) is 11.3 Å². The minimum Gasteiger partial charge on any atom is -0.317 e. The first-order chi connectivity index (χ1) is 6.74. The van der Waals surface area contributed by atoms with Crippen molar-refractivity contribution in [2.24, 2.45) is 0 Å². The van der Waals surface area contributed by atoms with Crippen LogP contribution in [-0.2, 0) is 6.42 Å². The van der Waals surface area contributed by atoms with Crippen molar-refractivity contribution in [1.82, 2.24) is 10.3 Å². The van der Waals surface area contributed by atoms with Gasteiger partial charge < -0.3 is 5.32 Å². The Balaban J connectivity index is 2.18. The highest BCUT2D eigenvalue weighted by molar-refractivity contribution is 7.11. The molecule has 1 aromatic heterocycles. The van der Waals surface area contributed by atoms with E-state index in [-0.39, 0.29) is 0 Å². The largest absolute Gasteiger partial charge is 0.317 e. The van der Waals surface area contributed by atoms with E-state index in [1.807, 2.05) is 11.3 Å². The first kappa shape index (κ1) is 11.7. The second-order valence-corrected chi connectivity index (χ2v) is 4.85. The van der Waals surface area contributed by atoms with Crippen molar-refractivity contribution in [2.75, 3.05) is 13.1 Å². The van der Waals surface area contributed by atoms with Gasteiger partial charge in [0.15, 0.2) is 0 Å². The third-order valence-electron chi connectivity index (χ3n) is 2.32. The van der Waals surface area contributed by atoms with Gasteiger partial charge in [-0.2, -0.15) is 0 Å². The monoisotopic (exact) mass is 212 g/mol. The van der Waals surface area contributed by atoms with Crippen molar-refractivity contribution in [1.29, 1.82) is 0 Å². The van der Waals surface area contributed by atoms with Gasteiger partial charge in [0.05, 0.1) is 10.7 Å². The van der Waals surface area contributed by atoms with Crippen LogP contribution in [0.2, 0.25) is 0 Å². The minimum atomic E-state index is 1.08. The molecule has 1 heterocycles. The van der Waals surface area contributed by atoms with Crippen LogP contribution in [0.25, 0.3) is 0 Å². The van der Waals surface area contributed by atoms with Gasteiger partial charge in [0, 0.05) is 4.88 Å². The van der Waals surface area contributed by atoms with Gasteiger partial charge in [-0.25, -0.2) is 4.98 Å². The van der Waals surface area contributed by atoms with E-state index in [1.165, 1.54) is 28.4 Å².